The van der Waals surface area contributed by atoms with Gasteiger partial charge in [-0.3, -0.25) is 0 Å². The van der Waals surface area contributed by atoms with Crippen LogP contribution in [0.1, 0.15) is 5.56 Å². The largest absolute Gasteiger partial charge is 0.0622 e. The Labute approximate surface area is 101 Å². The molecule has 0 fully saturated rings. The smallest absolute Gasteiger partial charge is 0.00833 e. The quantitative estimate of drug-likeness (QED) is 0.353. The van der Waals surface area contributed by atoms with Crippen LogP contribution >= 0.6 is 37.2 Å². The topological polar surface area (TPSA) is 0 Å². The van der Waals surface area contributed by atoms with Gasteiger partial charge in [-0.15, -0.1) is 0 Å². The SMILES string of the molecule is I[I-]I.[SiH3]Cc1ccccc1. The molecule has 0 aromatic heterocycles. The van der Waals surface area contributed by atoms with E-state index in [4.69, 9.17) is 0 Å². The Bertz CT molecular complexity index is 167. The summed E-state index contributed by atoms with van der Waals surface area (Å²) >= 11 is 5.30. The van der Waals surface area contributed by atoms with Crippen molar-refractivity contribution in [1.29, 1.82) is 0 Å². The van der Waals surface area contributed by atoms with Gasteiger partial charge in [0.15, 0.2) is 0 Å². The summed E-state index contributed by atoms with van der Waals surface area (Å²) in [6.45, 7) is 0. The van der Waals surface area contributed by atoms with Gasteiger partial charge in [-0.05, 0) is 6.04 Å². The van der Waals surface area contributed by atoms with E-state index in [-0.39, 0.29) is 0 Å². The minimum Gasteiger partial charge on any atom is -0.0622 e. The molecular formula is C7H10I3Si-. The molecule has 0 aliphatic heterocycles. The van der Waals surface area contributed by atoms with Crippen LogP contribution < -0.4 is 13.3 Å². The molecule has 0 spiro atoms. The van der Waals surface area contributed by atoms with Gasteiger partial charge < -0.3 is 0 Å². The number of benzene rings is 1. The van der Waals surface area contributed by atoms with E-state index in [2.05, 4.69) is 67.6 Å². The van der Waals surface area contributed by atoms with Gasteiger partial charge in [-0.25, -0.2) is 0 Å². The van der Waals surface area contributed by atoms with Gasteiger partial charge >= 0.3 is 50.5 Å². The molecule has 0 aliphatic rings. The zero-order valence-electron chi connectivity index (χ0n) is 6.23. The first-order valence-electron chi connectivity index (χ1n) is 3.26. The predicted molar refractivity (Wildman–Crippen MR) is 68.1 cm³/mol. The van der Waals surface area contributed by atoms with Crippen LogP contribution in [0, 0.1) is 0 Å². The zero-order valence-corrected chi connectivity index (χ0v) is 14.7. The monoisotopic (exact) mass is 503 g/mol. The molecule has 1 aromatic carbocycles. The normalized spacial score (nSPS) is 8.91. The second-order valence-electron chi connectivity index (χ2n) is 1.89. The summed E-state index contributed by atoms with van der Waals surface area (Å²) in [7, 11) is 1.28. The van der Waals surface area contributed by atoms with E-state index < -0.39 is 0 Å². The standard InChI is InChI=1S/C7H10Si.I3/c8-6-7-4-2-1-3-5-7;1-3-2/h1-5H,6H2,8H3;/q;-1. The average molecular weight is 503 g/mol. The van der Waals surface area contributed by atoms with Gasteiger partial charge in [-0.1, -0.05) is 35.9 Å². The van der Waals surface area contributed by atoms with E-state index >= 15 is 0 Å². The van der Waals surface area contributed by atoms with Gasteiger partial charge in [0.2, 0.25) is 0 Å². The van der Waals surface area contributed by atoms with Crippen molar-refractivity contribution >= 4 is 47.5 Å². The molecule has 1 aromatic rings. The van der Waals surface area contributed by atoms with Crippen molar-refractivity contribution in [1.82, 2.24) is 0 Å². The molecule has 0 saturated heterocycles. The number of rotatable bonds is 1. The second-order valence-corrected chi connectivity index (χ2v) is 18.8. The Morgan fingerprint density at radius 1 is 1.18 bits per heavy atom. The molecule has 0 saturated carbocycles. The van der Waals surface area contributed by atoms with Crippen LogP contribution in [0.25, 0.3) is 0 Å². The van der Waals surface area contributed by atoms with Crippen LogP contribution in [-0.2, 0) is 6.04 Å². The third-order valence-electron chi connectivity index (χ3n) is 1.25. The van der Waals surface area contributed by atoms with E-state index in [1.54, 1.807) is 0 Å². The van der Waals surface area contributed by atoms with E-state index in [0.29, 0.717) is 13.3 Å². The van der Waals surface area contributed by atoms with Crippen LogP contribution in [0.3, 0.4) is 0 Å². The zero-order chi connectivity index (χ0) is 8.53. The molecule has 0 N–H and O–H groups in total. The Balaban J connectivity index is 0.000000292. The minimum absolute atomic E-state index is 0.530. The second kappa shape index (κ2) is 9.71. The third kappa shape index (κ3) is 7.97. The molecule has 4 heteroatoms. The summed E-state index contributed by atoms with van der Waals surface area (Å²) in [6, 6.07) is 11.9. The van der Waals surface area contributed by atoms with Crippen molar-refractivity contribution in [3.63, 3.8) is 0 Å². The van der Waals surface area contributed by atoms with Crippen molar-refractivity contribution in [3.05, 3.63) is 35.9 Å². The van der Waals surface area contributed by atoms with Crippen molar-refractivity contribution in [2.24, 2.45) is 0 Å². The Hall–Kier alpha value is 1.63. The molecule has 0 amide bonds. The molecule has 0 atom stereocenters. The minimum atomic E-state index is 0.530. The molecule has 0 radical (unpaired) electrons. The molecule has 64 valence electrons. The number of hydrogen-bond acceptors (Lipinski definition) is 0. The Kier molecular flexibility index (Phi) is 11.1. The molecule has 0 heterocycles. The fraction of sp³-hybridized carbons (Fsp3) is 0.143. The van der Waals surface area contributed by atoms with Crippen LogP contribution in [0.2, 0.25) is 0 Å². The van der Waals surface area contributed by atoms with Crippen molar-refractivity contribution in [3.8, 4) is 0 Å². The summed E-state index contributed by atoms with van der Waals surface area (Å²) in [5.74, 6) is 0. The average Bonchev–Trinajstić information content (AvgIpc) is 2.08. The summed E-state index contributed by atoms with van der Waals surface area (Å²) < 4.78 is 0. The number of halogens is 3. The van der Waals surface area contributed by atoms with Crippen LogP contribution in [0.4, 0.5) is 0 Å². The summed E-state index contributed by atoms with van der Waals surface area (Å²) in [5.41, 5.74) is 1.47. The van der Waals surface area contributed by atoms with Gasteiger partial charge in [0.25, 0.3) is 0 Å². The molecule has 0 unspecified atom stereocenters. The van der Waals surface area contributed by atoms with Gasteiger partial charge in [0, 0.05) is 10.2 Å². The molecule has 1 rings (SSSR count). The first kappa shape index (κ1) is 12.6. The van der Waals surface area contributed by atoms with Crippen molar-refractivity contribution in [2.75, 3.05) is 0 Å². The van der Waals surface area contributed by atoms with Gasteiger partial charge in [-0.2, -0.15) is 0 Å². The first-order valence-corrected chi connectivity index (χ1v) is 17.2. The molecular weight excluding hydrogens is 493 g/mol. The predicted octanol–water partition coefficient (Wildman–Crippen LogP) is -0.673. The Morgan fingerprint density at radius 2 is 1.64 bits per heavy atom. The van der Waals surface area contributed by atoms with E-state index in [0.717, 1.165) is 0 Å². The fourth-order valence-electron chi connectivity index (χ4n) is 0.714. The van der Waals surface area contributed by atoms with Crippen LogP contribution in [0.15, 0.2) is 30.3 Å². The van der Waals surface area contributed by atoms with Crippen LogP contribution in [0.5, 0.6) is 0 Å². The molecule has 11 heavy (non-hydrogen) atoms. The maximum atomic E-state index is 2.39. The third-order valence-corrected chi connectivity index (χ3v) is 2.07. The van der Waals surface area contributed by atoms with Crippen LogP contribution in [-0.4, -0.2) is 10.2 Å². The molecule has 0 nitrogen and oxygen atoms in total. The maximum Gasteiger partial charge on any atom is 0.00833 e. The van der Waals surface area contributed by atoms with E-state index in [1.165, 1.54) is 21.9 Å². The summed E-state index contributed by atoms with van der Waals surface area (Å²) in [4.78, 5) is 0. The molecule has 0 aliphatic carbocycles. The van der Waals surface area contributed by atoms with Crippen molar-refractivity contribution in [2.45, 2.75) is 6.04 Å². The van der Waals surface area contributed by atoms with E-state index in [1.807, 2.05) is 0 Å². The summed E-state index contributed by atoms with van der Waals surface area (Å²) in [6.07, 6.45) is 0. The Morgan fingerprint density at radius 3 is 1.91 bits per heavy atom. The fourth-order valence-corrected chi connectivity index (χ4v) is 1.19. The van der Waals surface area contributed by atoms with Gasteiger partial charge in [0.1, 0.15) is 0 Å². The van der Waals surface area contributed by atoms with Gasteiger partial charge in [0.05, 0.1) is 0 Å². The first-order chi connectivity index (χ1) is 5.35. The maximum absolute atomic E-state index is 2.39. The summed E-state index contributed by atoms with van der Waals surface area (Å²) in [5, 5.41) is 0. The van der Waals surface area contributed by atoms with Crippen molar-refractivity contribution < 1.29 is 13.3 Å². The molecule has 0 bridgehead atoms. The number of hydrogen-bond donors (Lipinski definition) is 0. The van der Waals surface area contributed by atoms with E-state index in [9.17, 15) is 0 Å².